The molecule has 0 N–H and O–H groups in total. The Labute approximate surface area is 148 Å². The van der Waals surface area contributed by atoms with Crippen LogP contribution in [0.25, 0.3) is 0 Å². The highest BCUT2D eigenvalue weighted by molar-refractivity contribution is 5.69. The van der Waals surface area contributed by atoms with Gasteiger partial charge in [-0.15, -0.1) is 0 Å². The van der Waals surface area contributed by atoms with Crippen LogP contribution < -0.4 is 0 Å². The summed E-state index contributed by atoms with van der Waals surface area (Å²) in [6, 6.07) is 0. The normalized spacial score (nSPS) is 10.9. The third kappa shape index (κ3) is 17.0. The smallest absolute Gasteiger partial charge is 0.305 e. The van der Waals surface area contributed by atoms with E-state index in [1.807, 2.05) is 0 Å². The van der Waals surface area contributed by atoms with Crippen molar-refractivity contribution in [3.63, 3.8) is 0 Å². The number of rotatable bonds is 16. The molecule has 0 saturated carbocycles. The van der Waals surface area contributed by atoms with Crippen molar-refractivity contribution in [2.24, 2.45) is 0 Å². The van der Waals surface area contributed by atoms with Crippen molar-refractivity contribution in [3.8, 4) is 0 Å². The molecule has 0 atom stereocenters. The predicted octanol–water partition coefficient (Wildman–Crippen LogP) is 5.35. The van der Waals surface area contributed by atoms with E-state index < -0.39 is 0 Å². The van der Waals surface area contributed by atoms with E-state index in [9.17, 15) is 9.59 Å². The van der Waals surface area contributed by atoms with Crippen molar-refractivity contribution in [2.75, 3.05) is 14.2 Å². The van der Waals surface area contributed by atoms with Crippen LogP contribution in [0.15, 0.2) is 12.2 Å². The Morgan fingerprint density at radius 3 is 1.29 bits per heavy atom. The second-order valence-electron chi connectivity index (χ2n) is 6.24. The van der Waals surface area contributed by atoms with Gasteiger partial charge >= 0.3 is 11.9 Å². The molecule has 4 nitrogen and oxygen atoms in total. The molecule has 0 aliphatic rings. The molecule has 4 heteroatoms. The van der Waals surface area contributed by atoms with Gasteiger partial charge in [0.15, 0.2) is 0 Å². The van der Waals surface area contributed by atoms with Crippen LogP contribution >= 0.6 is 0 Å². The van der Waals surface area contributed by atoms with Crippen molar-refractivity contribution < 1.29 is 19.1 Å². The van der Waals surface area contributed by atoms with Gasteiger partial charge in [0.2, 0.25) is 0 Å². The SMILES string of the molecule is COC(=O)CCCCCC/C=C\CCCCCCCCC(=O)OC. The minimum Gasteiger partial charge on any atom is -0.469 e. The number of ether oxygens (including phenoxy) is 2. The first-order valence-electron chi connectivity index (χ1n) is 9.49. The molecule has 0 aliphatic heterocycles. The first-order valence-corrected chi connectivity index (χ1v) is 9.49. The van der Waals surface area contributed by atoms with Gasteiger partial charge in [0.05, 0.1) is 14.2 Å². The Hall–Kier alpha value is -1.32. The van der Waals surface area contributed by atoms with Crippen LogP contribution in [0.5, 0.6) is 0 Å². The molecule has 0 saturated heterocycles. The van der Waals surface area contributed by atoms with E-state index in [2.05, 4.69) is 21.6 Å². The lowest BCUT2D eigenvalue weighted by Crippen LogP contribution is -1.99. The summed E-state index contributed by atoms with van der Waals surface area (Å²) in [6.45, 7) is 0. The maximum Gasteiger partial charge on any atom is 0.305 e. The maximum absolute atomic E-state index is 10.9. The first-order chi connectivity index (χ1) is 11.7. The second kappa shape index (κ2) is 18.0. The summed E-state index contributed by atoms with van der Waals surface area (Å²) >= 11 is 0. The first kappa shape index (κ1) is 22.7. The molecule has 0 fully saturated rings. The number of allylic oxidation sites excluding steroid dienone is 2. The van der Waals surface area contributed by atoms with Gasteiger partial charge in [-0.2, -0.15) is 0 Å². The topological polar surface area (TPSA) is 52.6 Å². The van der Waals surface area contributed by atoms with Crippen LogP contribution in [-0.4, -0.2) is 26.2 Å². The fourth-order valence-corrected chi connectivity index (χ4v) is 2.56. The third-order valence-electron chi connectivity index (χ3n) is 4.13. The molecule has 0 aromatic carbocycles. The van der Waals surface area contributed by atoms with Gasteiger partial charge in [0.1, 0.15) is 0 Å². The van der Waals surface area contributed by atoms with Crippen LogP contribution in [0.1, 0.15) is 89.9 Å². The third-order valence-corrected chi connectivity index (χ3v) is 4.13. The number of hydrogen-bond acceptors (Lipinski definition) is 4. The van der Waals surface area contributed by atoms with Gasteiger partial charge in [-0.25, -0.2) is 0 Å². The summed E-state index contributed by atoms with van der Waals surface area (Å²) in [4.78, 5) is 21.9. The molecule has 0 radical (unpaired) electrons. The monoisotopic (exact) mass is 340 g/mol. The molecule has 140 valence electrons. The molecule has 0 aliphatic carbocycles. The maximum atomic E-state index is 10.9. The van der Waals surface area contributed by atoms with Gasteiger partial charge in [-0.05, 0) is 38.5 Å². The average molecular weight is 341 g/mol. The van der Waals surface area contributed by atoms with Crippen molar-refractivity contribution >= 4 is 11.9 Å². The van der Waals surface area contributed by atoms with E-state index >= 15 is 0 Å². The lowest BCUT2D eigenvalue weighted by molar-refractivity contribution is -0.141. The Morgan fingerprint density at radius 1 is 0.583 bits per heavy atom. The van der Waals surface area contributed by atoms with E-state index in [1.54, 1.807) is 0 Å². The molecule has 0 aromatic rings. The lowest BCUT2D eigenvalue weighted by atomic mass is 10.1. The highest BCUT2D eigenvalue weighted by Gasteiger charge is 1.99. The summed E-state index contributed by atoms with van der Waals surface area (Å²) in [5.41, 5.74) is 0. The zero-order chi connectivity index (χ0) is 17.9. The van der Waals surface area contributed by atoms with Crippen LogP contribution in [0.4, 0.5) is 0 Å². The van der Waals surface area contributed by atoms with E-state index in [4.69, 9.17) is 0 Å². The van der Waals surface area contributed by atoms with Gasteiger partial charge in [0, 0.05) is 12.8 Å². The summed E-state index contributed by atoms with van der Waals surface area (Å²) < 4.78 is 9.23. The highest BCUT2D eigenvalue weighted by Crippen LogP contribution is 2.10. The zero-order valence-corrected chi connectivity index (χ0v) is 15.7. The summed E-state index contributed by atoms with van der Waals surface area (Å²) in [5.74, 6) is -0.193. The quantitative estimate of drug-likeness (QED) is 0.216. The average Bonchev–Trinajstić information content (AvgIpc) is 2.60. The molecule has 0 aromatic heterocycles. The van der Waals surface area contributed by atoms with Crippen LogP contribution in [0, 0.1) is 0 Å². The molecule has 0 spiro atoms. The summed E-state index contributed by atoms with van der Waals surface area (Å²) in [5, 5.41) is 0. The Morgan fingerprint density at radius 2 is 0.917 bits per heavy atom. The predicted molar refractivity (Wildman–Crippen MR) is 97.8 cm³/mol. The molecule has 0 unspecified atom stereocenters. The molecule has 24 heavy (non-hydrogen) atoms. The number of carbonyl (C=O) groups is 2. The van der Waals surface area contributed by atoms with E-state index in [1.165, 1.54) is 59.2 Å². The minimum absolute atomic E-state index is 0.0939. The molecule has 0 bridgehead atoms. The van der Waals surface area contributed by atoms with Gasteiger partial charge in [-0.1, -0.05) is 50.7 Å². The number of esters is 2. The van der Waals surface area contributed by atoms with E-state index in [-0.39, 0.29) is 11.9 Å². The van der Waals surface area contributed by atoms with E-state index in [0.717, 1.165) is 32.1 Å². The lowest BCUT2D eigenvalue weighted by Gasteiger charge is -2.01. The number of hydrogen-bond donors (Lipinski definition) is 0. The van der Waals surface area contributed by atoms with Crippen LogP contribution in [0.2, 0.25) is 0 Å². The summed E-state index contributed by atoms with van der Waals surface area (Å²) in [7, 11) is 2.89. The number of carbonyl (C=O) groups excluding carboxylic acids is 2. The molecular weight excluding hydrogens is 304 g/mol. The molecule has 0 heterocycles. The molecular formula is C20H36O4. The zero-order valence-electron chi connectivity index (χ0n) is 15.7. The van der Waals surface area contributed by atoms with Gasteiger partial charge in [0.25, 0.3) is 0 Å². The van der Waals surface area contributed by atoms with Crippen molar-refractivity contribution in [1.29, 1.82) is 0 Å². The van der Waals surface area contributed by atoms with Gasteiger partial charge < -0.3 is 9.47 Å². The highest BCUT2D eigenvalue weighted by atomic mass is 16.5. The Bertz CT molecular complexity index is 337. The summed E-state index contributed by atoms with van der Waals surface area (Å²) in [6.07, 6.45) is 19.5. The molecule has 0 amide bonds. The minimum atomic E-state index is -0.0987. The Balaban J connectivity index is 3.16. The van der Waals surface area contributed by atoms with Gasteiger partial charge in [-0.3, -0.25) is 9.59 Å². The van der Waals surface area contributed by atoms with E-state index in [0.29, 0.717) is 12.8 Å². The fraction of sp³-hybridized carbons (Fsp3) is 0.800. The Kier molecular flexibility index (Phi) is 17.0. The number of methoxy groups -OCH3 is 2. The fourth-order valence-electron chi connectivity index (χ4n) is 2.56. The second-order valence-corrected chi connectivity index (χ2v) is 6.24. The van der Waals surface area contributed by atoms with Crippen molar-refractivity contribution in [2.45, 2.75) is 89.9 Å². The van der Waals surface area contributed by atoms with Crippen LogP contribution in [-0.2, 0) is 19.1 Å². The van der Waals surface area contributed by atoms with Crippen molar-refractivity contribution in [3.05, 3.63) is 12.2 Å². The van der Waals surface area contributed by atoms with Crippen LogP contribution in [0.3, 0.4) is 0 Å². The largest absolute Gasteiger partial charge is 0.469 e. The molecule has 0 rings (SSSR count). The standard InChI is InChI=1S/C20H36O4/c1-23-19(21)17-15-13-11-9-7-5-3-4-6-8-10-12-14-16-18-20(22)24-2/h3,5H,4,6-18H2,1-2H3/b5-3-. The van der Waals surface area contributed by atoms with Crippen molar-refractivity contribution in [1.82, 2.24) is 0 Å². The number of unbranched alkanes of at least 4 members (excludes halogenated alkanes) is 10.